The van der Waals surface area contributed by atoms with Gasteiger partial charge >= 0.3 is 6.03 Å². The molecule has 0 aromatic carbocycles. The smallest absolute Gasteiger partial charge is 0.315 e. The molecule has 6 heteroatoms. The lowest BCUT2D eigenvalue weighted by molar-refractivity contribution is 0.0559. The third-order valence-corrected chi connectivity index (χ3v) is 3.32. The Balaban J connectivity index is 1.71. The molecule has 1 saturated heterocycles. The van der Waals surface area contributed by atoms with Gasteiger partial charge in [-0.3, -0.25) is 0 Å². The molecule has 2 rings (SSSR count). The van der Waals surface area contributed by atoms with Crippen LogP contribution in [-0.4, -0.2) is 42.5 Å². The van der Waals surface area contributed by atoms with Crippen molar-refractivity contribution in [2.45, 2.75) is 37.8 Å². The second kappa shape index (κ2) is 6.76. The van der Waals surface area contributed by atoms with Crippen LogP contribution in [0.1, 0.15) is 25.5 Å². The Kier molecular flexibility index (Phi) is 5.03. The summed E-state index contributed by atoms with van der Waals surface area (Å²) in [4.78, 5) is 11.8. The molecule has 1 aromatic heterocycles. The first-order valence-corrected chi connectivity index (χ1v) is 6.92. The van der Waals surface area contributed by atoms with E-state index in [0.29, 0.717) is 25.4 Å². The highest BCUT2D eigenvalue weighted by molar-refractivity contribution is 5.74. The van der Waals surface area contributed by atoms with Crippen molar-refractivity contribution in [3.8, 4) is 0 Å². The molecule has 0 bridgehead atoms. The van der Waals surface area contributed by atoms with Gasteiger partial charge in [-0.1, -0.05) is 0 Å². The van der Waals surface area contributed by atoms with Crippen molar-refractivity contribution in [2.75, 3.05) is 19.8 Å². The van der Waals surface area contributed by atoms with Crippen LogP contribution in [0.5, 0.6) is 0 Å². The minimum Gasteiger partial charge on any atom is -0.469 e. The summed E-state index contributed by atoms with van der Waals surface area (Å²) in [5.41, 5.74) is -1.04. The van der Waals surface area contributed by atoms with Gasteiger partial charge in [0.2, 0.25) is 0 Å². The lowest BCUT2D eigenvalue weighted by Gasteiger charge is -2.26. The van der Waals surface area contributed by atoms with Crippen LogP contribution in [0.2, 0.25) is 0 Å². The number of amides is 2. The van der Waals surface area contributed by atoms with E-state index in [4.69, 9.17) is 9.15 Å². The molecule has 2 amide bonds. The van der Waals surface area contributed by atoms with E-state index in [-0.39, 0.29) is 18.6 Å². The molecule has 0 saturated carbocycles. The Hall–Kier alpha value is -1.53. The summed E-state index contributed by atoms with van der Waals surface area (Å²) >= 11 is 0. The lowest BCUT2D eigenvalue weighted by Crippen LogP contribution is -2.49. The average Bonchev–Trinajstić information content (AvgIpc) is 2.90. The molecule has 2 heterocycles. The predicted molar refractivity (Wildman–Crippen MR) is 73.4 cm³/mol. The van der Waals surface area contributed by atoms with Gasteiger partial charge in [0.1, 0.15) is 5.76 Å². The summed E-state index contributed by atoms with van der Waals surface area (Å²) in [6, 6.07) is 3.48. The molecule has 0 aliphatic carbocycles. The topological polar surface area (TPSA) is 83.7 Å². The zero-order chi connectivity index (χ0) is 14.4. The fraction of sp³-hybridized carbons (Fsp3) is 0.643. The van der Waals surface area contributed by atoms with Gasteiger partial charge in [-0.05, 0) is 31.9 Å². The number of rotatable bonds is 5. The summed E-state index contributed by atoms with van der Waals surface area (Å²) in [5, 5.41) is 15.8. The first-order valence-electron chi connectivity index (χ1n) is 6.92. The fourth-order valence-electron chi connectivity index (χ4n) is 2.20. The quantitative estimate of drug-likeness (QED) is 0.754. The predicted octanol–water partition coefficient (Wildman–Crippen LogP) is 1.05. The van der Waals surface area contributed by atoms with E-state index in [9.17, 15) is 9.90 Å². The van der Waals surface area contributed by atoms with E-state index in [1.54, 1.807) is 25.3 Å². The van der Waals surface area contributed by atoms with Crippen LogP contribution in [0.4, 0.5) is 4.79 Å². The zero-order valence-corrected chi connectivity index (χ0v) is 11.7. The van der Waals surface area contributed by atoms with Crippen molar-refractivity contribution in [3.63, 3.8) is 0 Å². The first kappa shape index (κ1) is 14.9. The van der Waals surface area contributed by atoms with Crippen molar-refractivity contribution in [1.29, 1.82) is 0 Å². The van der Waals surface area contributed by atoms with Gasteiger partial charge in [-0.2, -0.15) is 0 Å². The molecular formula is C14H22N2O4. The molecule has 112 valence electrons. The van der Waals surface area contributed by atoms with Crippen molar-refractivity contribution >= 4 is 6.03 Å². The van der Waals surface area contributed by atoms with Crippen LogP contribution in [-0.2, 0) is 11.2 Å². The second-order valence-corrected chi connectivity index (χ2v) is 5.47. The molecule has 3 N–H and O–H groups in total. The number of aliphatic hydroxyl groups is 1. The van der Waals surface area contributed by atoms with Crippen LogP contribution < -0.4 is 10.6 Å². The fourth-order valence-corrected chi connectivity index (χ4v) is 2.20. The van der Waals surface area contributed by atoms with Crippen LogP contribution in [0.25, 0.3) is 0 Å². The highest BCUT2D eigenvalue weighted by Gasteiger charge is 2.24. The maximum absolute atomic E-state index is 11.8. The van der Waals surface area contributed by atoms with Crippen LogP contribution in [0.3, 0.4) is 0 Å². The number of ether oxygens (including phenoxy) is 1. The molecule has 6 nitrogen and oxygen atoms in total. The molecule has 20 heavy (non-hydrogen) atoms. The van der Waals surface area contributed by atoms with Crippen molar-refractivity contribution < 1.29 is 19.1 Å². The molecule has 1 aliphatic heterocycles. The molecule has 1 atom stereocenters. The minimum atomic E-state index is -1.04. The summed E-state index contributed by atoms with van der Waals surface area (Å²) in [7, 11) is 0. The van der Waals surface area contributed by atoms with Gasteiger partial charge in [-0.25, -0.2) is 4.79 Å². The van der Waals surface area contributed by atoms with Gasteiger partial charge in [0.15, 0.2) is 0 Å². The van der Waals surface area contributed by atoms with E-state index in [1.165, 1.54) is 0 Å². The van der Waals surface area contributed by atoms with Gasteiger partial charge in [-0.15, -0.1) is 0 Å². The number of carbonyl (C=O) groups excluding carboxylic acids is 1. The van der Waals surface area contributed by atoms with E-state index in [1.807, 2.05) is 0 Å². The Morgan fingerprint density at radius 1 is 1.50 bits per heavy atom. The Morgan fingerprint density at radius 2 is 2.25 bits per heavy atom. The van der Waals surface area contributed by atoms with Crippen LogP contribution in [0, 0.1) is 0 Å². The minimum absolute atomic E-state index is 0.152. The molecule has 1 aromatic rings. The number of carbonyl (C=O) groups is 1. The molecule has 0 spiro atoms. The van der Waals surface area contributed by atoms with Gasteiger partial charge in [0, 0.05) is 32.2 Å². The monoisotopic (exact) mass is 282 g/mol. The first-order chi connectivity index (χ1) is 9.55. The lowest BCUT2D eigenvalue weighted by atomic mass is 10.0. The largest absolute Gasteiger partial charge is 0.469 e. The Labute approximate surface area is 118 Å². The molecule has 0 unspecified atom stereocenters. The summed E-state index contributed by atoms with van der Waals surface area (Å²) in [6.07, 6.45) is 3.58. The molecule has 1 fully saturated rings. The number of hydrogen-bond donors (Lipinski definition) is 3. The molecule has 0 radical (unpaired) electrons. The van der Waals surface area contributed by atoms with Gasteiger partial charge in [0.25, 0.3) is 0 Å². The summed E-state index contributed by atoms with van der Waals surface area (Å²) in [6.45, 7) is 3.20. The van der Waals surface area contributed by atoms with E-state index >= 15 is 0 Å². The standard InChI is InChI=1S/C14H22N2O4/c1-14(18,9-12-3-2-6-20-12)10-15-13(17)16-11-4-7-19-8-5-11/h2-3,6,11,18H,4-5,7-10H2,1H3,(H2,15,16,17)/t14-/m1/s1. The number of hydrogen-bond acceptors (Lipinski definition) is 4. The van der Waals surface area contributed by atoms with Crippen molar-refractivity contribution in [3.05, 3.63) is 24.2 Å². The zero-order valence-electron chi connectivity index (χ0n) is 11.7. The Morgan fingerprint density at radius 3 is 2.90 bits per heavy atom. The highest BCUT2D eigenvalue weighted by Crippen LogP contribution is 2.12. The highest BCUT2D eigenvalue weighted by atomic mass is 16.5. The number of nitrogens with one attached hydrogen (secondary N) is 2. The third-order valence-electron chi connectivity index (χ3n) is 3.32. The maximum atomic E-state index is 11.8. The Bertz CT molecular complexity index is 411. The SMILES string of the molecule is C[C@](O)(CNC(=O)NC1CCOCC1)Cc1ccco1. The molecular weight excluding hydrogens is 260 g/mol. The van der Waals surface area contributed by atoms with Crippen molar-refractivity contribution in [2.24, 2.45) is 0 Å². The maximum Gasteiger partial charge on any atom is 0.315 e. The molecule has 1 aliphatic rings. The van der Waals surface area contributed by atoms with Gasteiger partial charge in [0.05, 0.1) is 11.9 Å². The van der Waals surface area contributed by atoms with Gasteiger partial charge < -0.3 is 24.9 Å². The second-order valence-electron chi connectivity index (χ2n) is 5.47. The summed E-state index contributed by atoms with van der Waals surface area (Å²) in [5.74, 6) is 0.696. The average molecular weight is 282 g/mol. The number of furan rings is 1. The van der Waals surface area contributed by atoms with E-state index < -0.39 is 5.60 Å². The summed E-state index contributed by atoms with van der Waals surface area (Å²) < 4.78 is 10.4. The normalized spacial score (nSPS) is 19.3. The van der Waals surface area contributed by atoms with Crippen LogP contribution >= 0.6 is 0 Å². The number of urea groups is 1. The van der Waals surface area contributed by atoms with E-state index in [0.717, 1.165) is 12.8 Å². The van der Waals surface area contributed by atoms with Crippen LogP contribution in [0.15, 0.2) is 22.8 Å². The van der Waals surface area contributed by atoms with Crippen molar-refractivity contribution in [1.82, 2.24) is 10.6 Å². The third kappa shape index (κ3) is 4.86. The van der Waals surface area contributed by atoms with E-state index in [2.05, 4.69) is 10.6 Å².